The Bertz CT molecular complexity index is 1210. The first kappa shape index (κ1) is 19.7. The number of carbonyl (C=O) groups is 1. The van der Waals surface area contributed by atoms with Crippen molar-refractivity contribution in [3.8, 4) is 17.3 Å². The lowest BCUT2D eigenvalue weighted by molar-refractivity contribution is 0.0795. The minimum absolute atomic E-state index is 0.0219. The van der Waals surface area contributed by atoms with Gasteiger partial charge in [-0.25, -0.2) is 0 Å². The zero-order chi connectivity index (χ0) is 21.3. The third-order valence-corrected chi connectivity index (χ3v) is 5.30. The summed E-state index contributed by atoms with van der Waals surface area (Å²) in [6.45, 7) is 4.53. The fourth-order valence-electron chi connectivity index (χ4n) is 3.28. The number of nitrogens with zero attached hydrogens (tertiary/aromatic N) is 3. The van der Waals surface area contributed by atoms with E-state index in [-0.39, 0.29) is 5.91 Å². The third-order valence-electron chi connectivity index (χ3n) is 5.30. The van der Waals surface area contributed by atoms with Gasteiger partial charge in [0, 0.05) is 42.5 Å². The summed E-state index contributed by atoms with van der Waals surface area (Å²) in [5, 5.41) is 5.09. The molecular formula is C23H24N4O3. The number of fused-ring (bicyclic) bond motifs is 1. The molecule has 4 rings (SSSR count). The molecular weight excluding hydrogens is 380 g/mol. The first-order chi connectivity index (χ1) is 14.4. The summed E-state index contributed by atoms with van der Waals surface area (Å²) in [5.74, 6) is 1.73. The van der Waals surface area contributed by atoms with E-state index in [1.807, 2.05) is 56.3 Å². The molecule has 2 heterocycles. The summed E-state index contributed by atoms with van der Waals surface area (Å²) in [7, 11) is 3.42. The number of ether oxygens (including phenoxy) is 1. The standard InChI is InChI=1S/C23H24N4O3/c1-14-5-6-17(11-15(14)2)23(28)27(3)10-9-21-25-22(30-26-21)20-12-16-7-8-18(29-4)13-19(16)24-20/h5-8,11-13,24H,9-10H2,1-4H3. The zero-order valence-electron chi connectivity index (χ0n) is 17.5. The van der Waals surface area contributed by atoms with Crippen LogP contribution in [-0.4, -0.2) is 46.6 Å². The predicted octanol–water partition coefficient (Wildman–Crippen LogP) is 4.16. The maximum absolute atomic E-state index is 12.7. The van der Waals surface area contributed by atoms with E-state index in [0.29, 0.717) is 30.2 Å². The van der Waals surface area contributed by atoms with Gasteiger partial charge in [-0.2, -0.15) is 4.98 Å². The van der Waals surface area contributed by atoms with E-state index in [1.165, 1.54) is 5.56 Å². The Kier molecular flexibility index (Phi) is 5.27. The highest BCUT2D eigenvalue weighted by Crippen LogP contribution is 2.26. The van der Waals surface area contributed by atoms with Crippen LogP contribution in [0.5, 0.6) is 5.75 Å². The Hall–Kier alpha value is -3.61. The van der Waals surface area contributed by atoms with Crippen LogP contribution in [0.3, 0.4) is 0 Å². The number of aromatic nitrogens is 3. The normalized spacial score (nSPS) is 11.1. The van der Waals surface area contributed by atoms with E-state index in [9.17, 15) is 4.79 Å². The van der Waals surface area contributed by atoms with E-state index in [1.54, 1.807) is 19.1 Å². The van der Waals surface area contributed by atoms with Gasteiger partial charge in [-0.3, -0.25) is 4.79 Å². The smallest absolute Gasteiger partial charge is 0.274 e. The Morgan fingerprint density at radius 2 is 1.97 bits per heavy atom. The summed E-state index contributed by atoms with van der Waals surface area (Å²) in [5.41, 5.74) is 4.64. The largest absolute Gasteiger partial charge is 0.497 e. The molecule has 30 heavy (non-hydrogen) atoms. The first-order valence-corrected chi connectivity index (χ1v) is 9.77. The number of methoxy groups -OCH3 is 1. The SMILES string of the molecule is COc1ccc2cc(-c3nc(CCN(C)C(=O)c4ccc(C)c(C)c4)no3)[nH]c2c1. The number of H-pyrrole nitrogens is 1. The highest BCUT2D eigenvalue weighted by atomic mass is 16.5. The molecule has 154 valence electrons. The number of aryl methyl sites for hydroxylation is 2. The molecule has 2 aromatic heterocycles. The second-order valence-corrected chi connectivity index (χ2v) is 7.43. The van der Waals surface area contributed by atoms with Crippen LogP contribution in [-0.2, 0) is 6.42 Å². The number of rotatable bonds is 6. The molecule has 0 saturated heterocycles. The van der Waals surface area contributed by atoms with Crippen LogP contribution in [0.4, 0.5) is 0 Å². The summed E-state index contributed by atoms with van der Waals surface area (Å²) in [6.07, 6.45) is 0.505. The molecule has 0 aliphatic carbocycles. The lowest BCUT2D eigenvalue weighted by Crippen LogP contribution is -2.29. The van der Waals surface area contributed by atoms with Gasteiger partial charge in [0.2, 0.25) is 0 Å². The molecule has 0 atom stereocenters. The van der Waals surface area contributed by atoms with Crippen LogP contribution in [0.25, 0.3) is 22.5 Å². The molecule has 1 amide bonds. The zero-order valence-corrected chi connectivity index (χ0v) is 17.5. The molecule has 2 aromatic carbocycles. The van der Waals surface area contributed by atoms with E-state index in [0.717, 1.165) is 27.9 Å². The lowest BCUT2D eigenvalue weighted by atomic mass is 10.1. The molecule has 0 spiro atoms. The van der Waals surface area contributed by atoms with Crippen molar-refractivity contribution in [3.63, 3.8) is 0 Å². The van der Waals surface area contributed by atoms with Gasteiger partial charge < -0.3 is 19.1 Å². The summed E-state index contributed by atoms with van der Waals surface area (Å²) < 4.78 is 10.7. The Morgan fingerprint density at radius 1 is 1.13 bits per heavy atom. The Balaban J connectivity index is 1.43. The monoisotopic (exact) mass is 404 g/mol. The van der Waals surface area contributed by atoms with Crippen molar-refractivity contribution in [1.82, 2.24) is 20.0 Å². The second kappa shape index (κ2) is 8.02. The molecule has 0 aliphatic heterocycles. The van der Waals surface area contributed by atoms with Crippen LogP contribution < -0.4 is 4.74 Å². The van der Waals surface area contributed by atoms with E-state index >= 15 is 0 Å². The maximum atomic E-state index is 12.7. The molecule has 0 radical (unpaired) electrons. The topological polar surface area (TPSA) is 84.2 Å². The molecule has 4 aromatic rings. The van der Waals surface area contributed by atoms with Crippen LogP contribution >= 0.6 is 0 Å². The highest BCUT2D eigenvalue weighted by molar-refractivity contribution is 5.94. The third kappa shape index (κ3) is 3.91. The van der Waals surface area contributed by atoms with Crippen molar-refractivity contribution < 1.29 is 14.1 Å². The van der Waals surface area contributed by atoms with E-state index in [2.05, 4.69) is 15.1 Å². The summed E-state index contributed by atoms with van der Waals surface area (Å²) in [4.78, 5) is 22.1. The molecule has 0 bridgehead atoms. The average Bonchev–Trinajstić information content (AvgIpc) is 3.39. The Morgan fingerprint density at radius 3 is 2.73 bits per heavy atom. The van der Waals surface area contributed by atoms with E-state index < -0.39 is 0 Å². The van der Waals surface area contributed by atoms with Gasteiger partial charge in [0.15, 0.2) is 5.82 Å². The van der Waals surface area contributed by atoms with Gasteiger partial charge in [-0.05, 0) is 55.3 Å². The van der Waals surface area contributed by atoms with Crippen molar-refractivity contribution >= 4 is 16.8 Å². The number of benzene rings is 2. The molecule has 1 N–H and O–H groups in total. The van der Waals surface area contributed by atoms with Crippen LogP contribution in [0.1, 0.15) is 27.3 Å². The molecule has 0 fully saturated rings. The number of hydrogen-bond acceptors (Lipinski definition) is 5. The fourth-order valence-corrected chi connectivity index (χ4v) is 3.28. The van der Waals surface area contributed by atoms with Gasteiger partial charge >= 0.3 is 0 Å². The number of nitrogens with one attached hydrogen (secondary N) is 1. The van der Waals surface area contributed by atoms with Crippen LogP contribution in [0, 0.1) is 13.8 Å². The second-order valence-electron chi connectivity index (χ2n) is 7.43. The summed E-state index contributed by atoms with van der Waals surface area (Å²) >= 11 is 0. The van der Waals surface area contributed by atoms with Crippen molar-refractivity contribution in [2.24, 2.45) is 0 Å². The minimum Gasteiger partial charge on any atom is -0.497 e. The van der Waals surface area contributed by atoms with Gasteiger partial charge in [0.25, 0.3) is 11.8 Å². The Labute approximate surface area is 174 Å². The van der Waals surface area contributed by atoms with Crippen LogP contribution in [0.15, 0.2) is 47.0 Å². The van der Waals surface area contributed by atoms with Gasteiger partial charge in [-0.15, -0.1) is 0 Å². The number of aromatic amines is 1. The molecule has 7 heteroatoms. The summed E-state index contributed by atoms with van der Waals surface area (Å²) in [6, 6.07) is 13.5. The number of likely N-dealkylation sites (N-methyl/N-ethyl adjacent to an activating group) is 1. The number of amides is 1. The lowest BCUT2D eigenvalue weighted by Gasteiger charge is -2.16. The van der Waals surface area contributed by atoms with Crippen molar-refractivity contribution in [1.29, 1.82) is 0 Å². The molecule has 0 saturated carbocycles. The van der Waals surface area contributed by atoms with Crippen molar-refractivity contribution in [2.75, 3.05) is 20.7 Å². The first-order valence-electron chi connectivity index (χ1n) is 9.77. The quantitative estimate of drug-likeness (QED) is 0.522. The predicted molar refractivity (Wildman–Crippen MR) is 115 cm³/mol. The van der Waals surface area contributed by atoms with Gasteiger partial charge in [0.05, 0.1) is 7.11 Å². The van der Waals surface area contributed by atoms with Gasteiger partial charge in [0.1, 0.15) is 11.4 Å². The molecule has 7 nitrogen and oxygen atoms in total. The average molecular weight is 404 g/mol. The number of carbonyl (C=O) groups excluding carboxylic acids is 1. The van der Waals surface area contributed by atoms with E-state index in [4.69, 9.17) is 9.26 Å². The molecule has 0 aliphatic rings. The fraction of sp³-hybridized carbons (Fsp3) is 0.261. The highest BCUT2D eigenvalue weighted by Gasteiger charge is 2.16. The van der Waals surface area contributed by atoms with Crippen molar-refractivity contribution in [3.05, 3.63) is 65.0 Å². The van der Waals surface area contributed by atoms with Crippen LogP contribution in [0.2, 0.25) is 0 Å². The maximum Gasteiger partial charge on any atom is 0.274 e. The minimum atomic E-state index is -0.0219. The number of hydrogen-bond donors (Lipinski definition) is 1. The molecule has 0 unspecified atom stereocenters. The van der Waals surface area contributed by atoms with Gasteiger partial charge in [-0.1, -0.05) is 11.2 Å². The van der Waals surface area contributed by atoms with Crippen molar-refractivity contribution in [2.45, 2.75) is 20.3 Å².